The Balaban J connectivity index is 1.66. The van der Waals surface area contributed by atoms with Gasteiger partial charge in [0, 0.05) is 18.1 Å². The summed E-state index contributed by atoms with van der Waals surface area (Å²) in [6, 6.07) is 13.3. The van der Waals surface area contributed by atoms with Gasteiger partial charge in [0.1, 0.15) is 0 Å². The molecule has 0 amide bonds. The largest absolute Gasteiger partial charge is 0.301 e. The Labute approximate surface area is 149 Å². The van der Waals surface area contributed by atoms with Gasteiger partial charge in [-0.1, -0.05) is 36.8 Å². The van der Waals surface area contributed by atoms with E-state index in [0.717, 1.165) is 18.0 Å². The molecule has 0 aromatic heterocycles. The molecule has 0 saturated carbocycles. The van der Waals surface area contributed by atoms with Gasteiger partial charge in [0.25, 0.3) is 0 Å². The second-order valence-electron chi connectivity index (χ2n) is 8.30. The van der Waals surface area contributed by atoms with Crippen LogP contribution in [0.5, 0.6) is 0 Å². The SMILES string of the molecule is CC(CC1CC(c2ccccc2)CCN1C(C)C)N1CCCCC1. The molecule has 2 heteroatoms. The number of hydrogen-bond donors (Lipinski definition) is 0. The van der Waals surface area contributed by atoms with Crippen molar-refractivity contribution in [2.24, 2.45) is 0 Å². The average Bonchev–Trinajstić information content (AvgIpc) is 2.63. The molecule has 3 unspecified atom stereocenters. The minimum absolute atomic E-state index is 0.667. The van der Waals surface area contributed by atoms with Gasteiger partial charge in [-0.25, -0.2) is 0 Å². The molecule has 24 heavy (non-hydrogen) atoms. The summed E-state index contributed by atoms with van der Waals surface area (Å²) in [6.07, 6.45) is 8.21. The van der Waals surface area contributed by atoms with Crippen LogP contribution in [0.25, 0.3) is 0 Å². The molecule has 0 N–H and O–H groups in total. The van der Waals surface area contributed by atoms with Gasteiger partial charge < -0.3 is 4.90 Å². The maximum Gasteiger partial charge on any atom is 0.0119 e. The summed E-state index contributed by atoms with van der Waals surface area (Å²) in [5.41, 5.74) is 1.55. The third-order valence-corrected chi connectivity index (χ3v) is 6.32. The maximum absolute atomic E-state index is 2.78. The molecule has 0 bridgehead atoms. The van der Waals surface area contributed by atoms with Crippen molar-refractivity contribution in [2.75, 3.05) is 19.6 Å². The molecule has 3 rings (SSSR count). The lowest BCUT2D eigenvalue weighted by atomic mass is 9.82. The molecule has 0 spiro atoms. The van der Waals surface area contributed by atoms with E-state index in [4.69, 9.17) is 0 Å². The van der Waals surface area contributed by atoms with E-state index in [0.29, 0.717) is 6.04 Å². The van der Waals surface area contributed by atoms with Gasteiger partial charge in [0.05, 0.1) is 0 Å². The van der Waals surface area contributed by atoms with E-state index in [2.05, 4.69) is 60.9 Å². The van der Waals surface area contributed by atoms with Crippen molar-refractivity contribution in [3.63, 3.8) is 0 Å². The molecule has 2 aliphatic heterocycles. The van der Waals surface area contributed by atoms with Crippen molar-refractivity contribution in [1.29, 1.82) is 0 Å². The summed E-state index contributed by atoms with van der Waals surface area (Å²) in [6.45, 7) is 11.1. The molecular formula is C22H36N2. The van der Waals surface area contributed by atoms with Gasteiger partial charge in [-0.2, -0.15) is 0 Å². The Hall–Kier alpha value is -0.860. The van der Waals surface area contributed by atoms with Gasteiger partial charge in [-0.3, -0.25) is 4.90 Å². The molecule has 3 atom stereocenters. The van der Waals surface area contributed by atoms with Gasteiger partial charge in [0.15, 0.2) is 0 Å². The first-order valence-electron chi connectivity index (χ1n) is 10.2. The Morgan fingerprint density at radius 1 is 0.958 bits per heavy atom. The van der Waals surface area contributed by atoms with E-state index in [1.54, 1.807) is 5.56 Å². The fourth-order valence-electron chi connectivity index (χ4n) is 4.91. The van der Waals surface area contributed by atoms with E-state index in [9.17, 15) is 0 Å². The zero-order chi connectivity index (χ0) is 16.9. The molecule has 0 radical (unpaired) electrons. The minimum Gasteiger partial charge on any atom is -0.301 e. The molecule has 134 valence electrons. The molecule has 2 heterocycles. The van der Waals surface area contributed by atoms with E-state index >= 15 is 0 Å². The minimum atomic E-state index is 0.667. The molecule has 0 aliphatic carbocycles. The molecule has 2 nitrogen and oxygen atoms in total. The summed E-state index contributed by atoms with van der Waals surface area (Å²) < 4.78 is 0. The molecule has 1 aromatic rings. The van der Waals surface area contributed by atoms with Crippen LogP contribution in [0.15, 0.2) is 30.3 Å². The number of hydrogen-bond acceptors (Lipinski definition) is 2. The maximum atomic E-state index is 2.78. The van der Waals surface area contributed by atoms with Crippen LogP contribution < -0.4 is 0 Å². The standard InChI is InChI=1S/C22H36N2/c1-18(2)24-15-12-21(20-10-6-4-7-11-20)17-22(24)16-19(3)23-13-8-5-9-14-23/h4,6-7,10-11,18-19,21-22H,5,8-9,12-17H2,1-3H3. The molecule has 2 fully saturated rings. The van der Waals surface area contributed by atoms with E-state index in [1.165, 1.54) is 58.2 Å². The topological polar surface area (TPSA) is 6.48 Å². The Morgan fingerprint density at radius 3 is 2.33 bits per heavy atom. The number of nitrogens with zero attached hydrogens (tertiary/aromatic N) is 2. The first-order valence-corrected chi connectivity index (χ1v) is 10.2. The van der Waals surface area contributed by atoms with Crippen LogP contribution in [0.1, 0.15) is 70.8 Å². The number of piperidine rings is 2. The van der Waals surface area contributed by atoms with Gasteiger partial charge in [-0.05, 0) is 84.0 Å². The molecule has 2 saturated heterocycles. The normalized spacial score (nSPS) is 28.2. The van der Waals surface area contributed by atoms with Crippen LogP contribution in [0.3, 0.4) is 0 Å². The van der Waals surface area contributed by atoms with Crippen LogP contribution in [0, 0.1) is 0 Å². The molecule has 2 aliphatic rings. The average molecular weight is 329 g/mol. The van der Waals surface area contributed by atoms with Crippen molar-refractivity contribution in [2.45, 2.75) is 83.3 Å². The second kappa shape index (κ2) is 8.49. The summed E-state index contributed by atoms with van der Waals surface area (Å²) in [5, 5.41) is 0. The second-order valence-corrected chi connectivity index (χ2v) is 8.30. The lowest BCUT2D eigenvalue weighted by Crippen LogP contribution is -2.49. The van der Waals surface area contributed by atoms with Gasteiger partial charge >= 0.3 is 0 Å². The lowest BCUT2D eigenvalue weighted by molar-refractivity contribution is 0.0640. The van der Waals surface area contributed by atoms with E-state index in [1.807, 2.05) is 0 Å². The predicted octanol–water partition coefficient (Wildman–Crippen LogP) is 4.91. The number of likely N-dealkylation sites (tertiary alicyclic amines) is 2. The molecular weight excluding hydrogens is 292 g/mol. The highest BCUT2D eigenvalue weighted by Crippen LogP contribution is 2.35. The van der Waals surface area contributed by atoms with Crippen LogP contribution >= 0.6 is 0 Å². The Morgan fingerprint density at radius 2 is 1.67 bits per heavy atom. The highest BCUT2D eigenvalue weighted by Gasteiger charge is 2.32. The van der Waals surface area contributed by atoms with Crippen molar-refractivity contribution < 1.29 is 0 Å². The van der Waals surface area contributed by atoms with Crippen molar-refractivity contribution >= 4 is 0 Å². The number of benzene rings is 1. The predicted molar refractivity (Wildman–Crippen MR) is 104 cm³/mol. The highest BCUT2D eigenvalue weighted by molar-refractivity contribution is 5.20. The quantitative estimate of drug-likeness (QED) is 0.758. The highest BCUT2D eigenvalue weighted by atomic mass is 15.2. The Kier molecular flexibility index (Phi) is 6.35. The zero-order valence-electron chi connectivity index (χ0n) is 16.0. The van der Waals surface area contributed by atoms with Gasteiger partial charge in [-0.15, -0.1) is 0 Å². The monoisotopic (exact) mass is 328 g/mol. The van der Waals surface area contributed by atoms with E-state index in [-0.39, 0.29) is 0 Å². The lowest BCUT2D eigenvalue weighted by Gasteiger charge is -2.45. The summed E-state index contributed by atoms with van der Waals surface area (Å²) in [5.74, 6) is 0.750. The van der Waals surface area contributed by atoms with Crippen LogP contribution in [0.4, 0.5) is 0 Å². The first-order chi connectivity index (χ1) is 11.6. The van der Waals surface area contributed by atoms with Crippen molar-refractivity contribution in [3.8, 4) is 0 Å². The van der Waals surface area contributed by atoms with Crippen molar-refractivity contribution in [1.82, 2.24) is 9.80 Å². The fourth-order valence-corrected chi connectivity index (χ4v) is 4.91. The van der Waals surface area contributed by atoms with E-state index < -0.39 is 0 Å². The summed E-state index contributed by atoms with van der Waals surface area (Å²) in [4.78, 5) is 5.52. The van der Waals surface area contributed by atoms with Crippen molar-refractivity contribution in [3.05, 3.63) is 35.9 Å². The summed E-state index contributed by atoms with van der Waals surface area (Å²) in [7, 11) is 0. The van der Waals surface area contributed by atoms with Gasteiger partial charge in [0.2, 0.25) is 0 Å². The number of rotatable bonds is 5. The third kappa shape index (κ3) is 4.40. The smallest absolute Gasteiger partial charge is 0.0119 e. The van der Waals surface area contributed by atoms with Crippen LogP contribution in [-0.4, -0.2) is 47.6 Å². The molecule has 1 aromatic carbocycles. The first kappa shape index (κ1) is 17.9. The fraction of sp³-hybridized carbons (Fsp3) is 0.727. The zero-order valence-corrected chi connectivity index (χ0v) is 16.0. The van der Waals surface area contributed by atoms with Crippen LogP contribution in [0.2, 0.25) is 0 Å². The third-order valence-electron chi connectivity index (χ3n) is 6.32. The summed E-state index contributed by atoms with van der Waals surface area (Å²) >= 11 is 0. The Bertz CT molecular complexity index is 478. The van der Waals surface area contributed by atoms with Crippen LogP contribution in [-0.2, 0) is 0 Å².